The predicted molar refractivity (Wildman–Crippen MR) is 131 cm³/mol. The average molecular weight is 466 g/mol. The van der Waals surface area contributed by atoms with Crippen molar-refractivity contribution >= 4 is 34.4 Å². The van der Waals surface area contributed by atoms with E-state index in [1.165, 1.54) is 0 Å². The minimum Gasteiger partial charge on any atom is -0.356 e. The van der Waals surface area contributed by atoms with Crippen LogP contribution in [-0.2, 0) is 23.3 Å². The third-order valence-electron chi connectivity index (χ3n) is 7.03. The second kappa shape index (κ2) is 7.80. The van der Waals surface area contributed by atoms with Gasteiger partial charge in [-0.25, -0.2) is 9.69 Å². The Morgan fingerprint density at radius 2 is 1.89 bits per heavy atom. The maximum atomic E-state index is 14.0. The van der Waals surface area contributed by atoms with E-state index in [0.717, 1.165) is 32.6 Å². The van der Waals surface area contributed by atoms with Gasteiger partial charge in [-0.15, -0.1) is 0 Å². The van der Waals surface area contributed by atoms with Crippen molar-refractivity contribution in [2.24, 2.45) is 0 Å². The van der Waals surface area contributed by atoms with Crippen LogP contribution in [0.1, 0.15) is 34.1 Å². The molecule has 8 heteroatoms. The van der Waals surface area contributed by atoms with Crippen LogP contribution >= 0.6 is 0 Å². The van der Waals surface area contributed by atoms with Crippen molar-refractivity contribution in [1.82, 2.24) is 20.2 Å². The van der Waals surface area contributed by atoms with E-state index in [0.29, 0.717) is 13.0 Å². The SMILES string of the molecule is C[C@]12C(=O)N(c3ccccc3C(=O)NCc3cccnc3)C(=O)N1CCc1c2[nH]c2ccccc12. The highest BCUT2D eigenvalue weighted by Gasteiger charge is 2.59. The fourth-order valence-corrected chi connectivity index (χ4v) is 5.25. The van der Waals surface area contributed by atoms with Crippen molar-refractivity contribution < 1.29 is 14.4 Å². The molecule has 6 rings (SSSR count). The fraction of sp³-hybridized carbons (Fsp3) is 0.185. The number of carbonyl (C=O) groups is 3. The Morgan fingerprint density at radius 1 is 1.09 bits per heavy atom. The number of carbonyl (C=O) groups excluding carboxylic acids is 3. The number of rotatable bonds is 4. The largest absolute Gasteiger partial charge is 0.356 e. The molecular weight excluding hydrogens is 442 g/mol. The number of imide groups is 1. The van der Waals surface area contributed by atoms with Gasteiger partial charge in [-0.05, 0) is 48.7 Å². The van der Waals surface area contributed by atoms with Gasteiger partial charge < -0.3 is 15.2 Å². The molecule has 4 heterocycles. The first kappa shape index (κ1) is 21.1. The number of nitrogens with zero attached hydrogens (tertiary/aromatic N) is 3. The van der Waals surface area contributed by atoms with Crippen molar-refractivity contribution in [3.63, 3.8) is 0 Å². The molecular formula is C27H23N5O3. The Bertz CT molecular complexity index is 1500. The molecule has 0 bridgehead atoms. The third kappa shape index (κ3) is 3.06. The van der Waals surface area contributed by atoms with Gasteiger partial charge in [-0.3, -0.25) is 14.6 Å². The number of H-pyrrole nitrogens is 1. The maximum absolute atomic E-state index is 14.0. The molecule has 2 aromatic carbocycles. The van der Waals surface area contributed by atoms with Gasteiger partial charge in [-0.1, -0.05) is 36.4 Å². The number of amides is 4. The number of fused-ring (bicyclic) bond motifs is 5. The van der Waals surface area contributed by atoms with Crippen LogP contribution in [0.25, 0.3) is 10.9 Å². The summed E-state index contributed by atoms with van der Waals surface area (Å²) < 4.78 is 0. The van der Waals surface area contributed by atoms with Crippen LogP contribution in [0.5, 0.6) is 0 Å². The van der Waals surface area contributed by atoms with Gasteiger partial charge >= 0.3 is 6.03 Å². The summed E-state index contributed by atoms with van der Waals surface area (Å²) in [5.41, 5.74) is 2.95. The lowest BCUT2D eigenvalue weighted by molar-refractivity contribution is -0.125. The molecule has 1 saturated heterocycles. The highest BCUT2D eigenvalue weighted by atomic mass is 16.2. The number of para-hydroxylation sites is 2. The van der Waals surface area contributed by atoms with Gasteiger partial charge in [0.1, 0.15) is 0 Å². The molecule has 1 atom stereocenters. The number of benzene rings is 2. The van der Waals surface area contributed by atoms with E-state index in [2.05, 4.69) is 15.3 Å². The predicted octanol–water partition coefficient (Wildman–Crippen LogP) is 3.73. The second-order valence-electron chi connectivity index (χ2n) is 8.98. The van der Waals surface area contributed by atoms with Crippen molar-refractivity contribution in [3.8, 4) is 0 Å². The summed E-state index contributed by atoms with van der Waals surface area (Å²) in [5.74, 6) is -0.742. The van der Waals surface area contributed by atoms with Crippen LogP contribution in [0, 0.1) is 0 Å². The molecule has 4 aromatic rings. The number of aromatic nitrogens is 2. The minimum atomic E-state index is -1.18. The minimum absolute atomic E-state index is 0.262. The van der Waals surface area contributed by atoms with E-state index >= 15 is 0 Å². The molecule has 2 N–H and O–H groups in total. The van der Waals surface area contributed by atoms with Crippen LogP contribution in [-0.4, -0.2) is 39.3 Å². The first-order valence-corrected chi connectivity index (χ1v) is 11.5. The Kier molecular flexibility index (Phi) is 4.70. The molecule has 0 radical (unpaired) electrons. The molecule has 35 heavy (non-hydrogen) atoms. The van der Waals surface area contributed by atoms with Gasteiger partial charge in [-0.2, -0.15) is 0 Å². The number of urea groups is 1. The average Bonchev–Trinajstić information content (AvgIpc) is 3.37. The van der Waals surface area contributed by atoms with E-state index in [1.807, 2.05) is 30.3 Å². The van der Waals surface area contributed by atoms with Crippen LogP contribution < -0.4 is 10.2 Å². The van der Waals surface area contributed by atoms with Crippen LogP contribution in [0.3, 0.4) is 0 Å². The molecule has 0 unspecified atom stereocenters. The normalized spacial score (nSPS) is 19.1. The summed E-state index contributed by atoms with van der Waals surface area (Å²) in [6, 6.07) is 17.9. The highest BCUT2D eigenvalue weighted by Crippen LogP contribution is 2.45. The second-order valence-corrected chi connectivity index (χ2v) is 8.98. The first-order chi connectivity index (χ1) is 17.0. The number of aromatic amines is 1. The molecule has 0 spiro atoms. The molecule has 8 nitrogen and oxygen atoms in total. The Morgan fingerprint density at radius 3 is 2.71 bits per heavy atom. The molecule has 1 fully saturated rings. The Hall–Kier alpha value is -4.46. The van der Waals surface area contributed by atoms with Crippen LogP contribution in [0.2, 0.25) is 0 Å². The summed E-state index contributed by atoms with van der Waals surface area (Å²) in [6.07, 6.45) is 3.99. The molecule has 2 aromatic heterocycles. The molecule has 0 saturated carbocycles. The Balaban J connectivity index is 1.37. The van der Waals surface area contributed by atoms with Gasteiger partial charge in [0.25, 0.3) is 11.8 Å². The number of hydrogen-bond acceptors (Lipinski definition) is 4. The highest BCUT2D eigenvalue weighted by molar-refractivity contribution is 6.25. The number of hydrogen-bond donors (Lipinski definition) is 2. The lowest BCUT2D eigenvalue weighted by Gasteiger charge is -2.35. The number of pyridine rings is 1. The summed E-state index contributed by atoms with van der Waals surface area (Å²) in [6.45, 7) is 2.48. The zero-order chi connectivity index (χ0) is 24.2. The van der Waals surface area contributed by atoms with Gasteiger partial charge in [0.2, 0.25) is 0 Å². The van der Waals surface area contributed by atoms with E-state index in [-0.39, 0.29) is 29.6 Å². The summed E-state index contributed by atoms with van der Waals surface area (Å²) in [7, 11) is 0. The standard InChI is InChI=1S/C27H23N5O3/c1-27-23-19(18-8-2-4-10-21(18)30-23)12-14-31(27)26(35)32(25(27)34)22-11-5-3-9-20(22)24(33)29-16-17-7-6-13-28-15-17/h2-11,13,15,30H,12,14,16H2,1H3,(H,29,33)/t27-/m0/s1. The van der Waals surface area contributed by atoms with Crippen molar-refractivity contribution in [3.05, 3.63) is 95.4 Å². The monoisotopic (exact) mass is 465 g/mol. The summed E-state index contributed by atoms with van der Waals surface area (Å²) in [5, 5.41) is 3.93. The van der Waals surface area contributed by atoms with Gasteiger partial charge in [0, 0.05) is 36.4 Å². The van der Waals surface area contributed by atoms with Gasteiger partial charge in [0.15, 0.2) is 5.54 Å². The smallest absolute Gasteiger partial charge is 0.332 e. The number of anilines is 1. The fourth-order valence-electron chi connectivity index (χ4n) is 5.25. The van der Waals surface area contributed by atoms with Gasteiger partial charge in [0.05, 0.1) is 16.9 Å². The molecule has 174 valence electrons. The maximum Gasteiger partial charge on any atom is 0.332 e. The lowest BCUT2D eigenvalue weighted by Crippen LogP contribution is -2.49. The Labute approximate surface area is 201 Å². The van der Waals surface area contributed by atoms with E-state index in [4.69, 9.17) is 0 Å². The van der Waals surface area contributed by atoms with Crippen molar-refractivity contribution in [2.75, 3.05) is 11.4 Å². The van der Waals surface area contributed by atoms with Crippen molar-refractivity contribution in [2.45, 2.75) is 25.4 Å². The summed E-state index contributed by atoms with van der Waals surface area (Å²) in [4.78, 5) is 50.9. The van der Waals surface area contributed by atoms with Crippen LogP contribution in [0.15, 0.2) is 73.1 Å². The third-order valence-corrected chi connectivity index (χ3v) is 7.03. The zero-order valence-corrected chi connectivity index (χ0v) is 19.1. The van der Waals surface area contributed by atoms with Crippen molar-refractivity contribution in [1.29, 1.82) is 0 Å². The topological polar surface area (TPSA) is 98.4 Å². The lowest BCUT2D eigenvalue weighted by atomic mass is 9.87. The molecule has 2 aliphatic heterocycles. The first-order valence-electron chi connectivity index (χ1n) is 11.5. The molecule has 4 amide bonds. The molecule has 0 aliphatic carbocycles. The quantitative estimate of drug-likeness (QED) is 0.449. The number of nitrogens with one attached hydrogen (secondary N) is 2. The van der Waals surface area contributed by atoms with Crippen LogP contribution in [0.4, 0.5) is 10.5 Å². The van der Waals surface area contributed by atoms with E-state index in [9.17, 15) is 14.4 Å². The van der Waals surface area contributed by atoms with E-state index in [1.54, 1.807) is 54.5 Å². The summed E-state index contributed by atoms with van der Waals surface area (Å²) >= 11 is 0. The van der Waals surface area contributed by atoms with E-state index < -0.39 is 11.6 Å². The molecule has 2 aliphatic rings. The zero-order valence-electron chi connectivity index (χ0n) is 19.1.